The van der Waals surface area contributed by atoms with Crippen molar-refractivity contribution in [2.24, 2.45) is 91.0 Å². The Morgan fingerprint density at radius 3 is 2.40 bits per heavy atom. The minimum atomic E-state index is -1.66. The lowest BCUT2D eigenvalue weighted by molar-refractivity contribution is -0.342. The summed E-state index contributed by atoms with van der Waals surface area (Å²) in [5.41, 5.74) is 2.70. The molecule has 10 rings (SSSR count). The van der Waals surface area contributed by atoms with Crippen molar-refractivity contribution in [1.82, 2.24) is 20.6 Å². The molecule has 17 nitrogen and oxygen atoms in total. The second-order valence-electron chi connectivity index (χ2n) is 25.9. The highest BCUT2D eigenvalue weighted by Gasteiger charge is 2.76. The number of carbonyl (C=O) groups is 2. The van der Waals surface area contributed by atoms with E-state index in [1.165, 1.54) is 0 Å². The summed E-state index contributed by atoms with van der Waals surface area (Å²) in [5.74, 6) is 3.27. The number of nitrogens with one attached hydrogen (secondary N) is 3. The summed E-state index contributed by atoms with van der Waals surface area (Å²) >= 11 is 0. The zero-order chi connectivity index (χ0) is 51.7. The van der Waals surface area contributed by atoms with Crippen LogP contribution in [0.25, 0.3) is 0 Å². The van der Waals surface area contributed by atoms with E-state index in [9.17, 15) is 45.6 Å². The lowest BCUT2D eigenvalue weighted by Crippen LogP contribution is -2.73. The monoisotopic (exact) mass is 1010 g/mol. The Morgan fingerprint density at radius 1 is 0.986 bits per heavy atom. The first-order chi connectivity index (χ1) is 34.0. The average Bonchev–Trinajstić information content (AvgIpc) is 4.10. The van der Waals surface area contributed by atoms with Gasteiger partial charge in [-0.05, 0) is 129 Å². The summed E-state index contributed by atoms with van der Waals surface area (Å²) in [5, 5.41) is 98.3. The minimum Gasteiger partial charge on any atom is -0.481 e. The standard InChI is InChI=1S/C55H83N5O12/c1-49(25-61)14-16-54(48(69)70)17-15-51(3)32(35(54)21-49)19-28-9-10-30-8-7-12-55(30)33(39(60-47(55)68)31(36-23-58-27-59-36)18-29(22-57-6)45(56)67)20-34-40(64)44(72-46-42(66)41(65)37(63)24-71-46)50(2,26-62)38-11-13-52(51,4)43(28)53(34,38)5/h19,23,27-31,33-35,37-46,57,61-67H,7-8,11-18,20-22,24-26,56H2,1-6H3,(H,58,59)(H,60,68)(H,69,70). The van der Waals surface area contributed by atoms with Crippen LogP contribution in [0.1, 0.15) is 123 Å². The molecule has 0 radical (unpaired) electrons. The van der Waals surface area contributed by atoms with E-state index in [0.29, 0.717) is 77.2 Å². The molecule has 24 atom stereocenters. The van der Waals surface area contributed by atoms with Crippen LogP contribution in [-0.2, 0) is 19.1 Å². The molecule has 0 aromatic carbocycles. The van der Waals surface area contributed by atoms with E-state index in [4.69, 9.17) is 15.2 Å². The SMILES string of the molecule is CNCC(CC(c1cnc[nH]1)C1NC(=O)C23CCCC2C#CC2C=C4C5CC(C)(CO)CCC5(C(=O)O)CCC4(C)C4(C)CCC5C(C)(CO)C(OC6OCC(O)C(O)C6O)C(O)C(CC13)C5(C)C24)C(N)O. The quantitative estimate of drug-likeness (QED) is 0.0620. The van der Waals surface area contributed by atoms with Crippen LogP contribution in [0.4, 0.5) is 0 Å². The molecular formula is C55H83N5O12. The van der Waals surface area contributed by atoms with E-state index in [1.54, 1.807) is 12.5 Å². The van der Waals surface area contributed by atoms with Gasteiger partial charge in [0.25, 0.3) is 0 Å². The van der Waals surface area contributed by atoms with E-state index in [2.05, 4.69) is 66.2 Å². The maximum atomic E-state index is 15.4. The van der Waals surface area contributed by atoms with Crippen LogP contribution in [0, 0.1) is 97.1 Å². The number of carboxylic acid groups (broad SMARTS) is 1. The predicted octanol–water partition coefficient (Wildman–Crippen LogP) is 2.38. The molecule has 1 aromatic heterocycles. The molecule has 5 saturated carbocycles. The number of aliphatic hydroxyl groups is 7. The number of hydrogen-bond acceptors (Lipinski definition) is 14. The number of rotatable bonds is 12. The third kappa shape index (κ3) is 7.30. The van der Waals surface area contributed by atoms with E-state index < -0.39 is 129 Å². The molecule has 2 aliphatic heterocycles. The van der Waals surface area contributed by atoms with E-state index in [-0.39, 0.29) is 42.8 Å². The molecule has 1 spiro atoms. The number of allylic oxidation sites excluding steroid dienone is 2. The van der Waals surface area contributed by atoms with Gasteiger partial charge in [0.15, 0.2) is 6.29 Å². The Bertz CT molecular complexity index is 2330. The van der Waals surface area contributed by atoms with Gasteiger partial charge in [0.2, 0.25) is 5.91 Å². The number of fused-ring (bicyclic) bond motifs is 4. The molecule has 1 amide bonds. The Hall–Kier alpha value is -2.99. The van der Waals surface area contributed by atoms with Crippen LogP contribution in [0.15, 0.2) is 24.2 Å². The number of aliphatic carboxylic acids is 1. The number of imidazole rings is 1. The second-order valence-corrected chi connectivity index (χ2v) is 25.9. The summed E-state index contributed by atoms with van der Waals surface area (Å²) in [4.78, 5) is 37.0. The fourth-order valence-corrected chi connectivity index (χ4v) is 18.7. The maximum Gasteiger partial charge on any atom is 0.310 e. The molecule has 9 aliphatic rings. The number of amides is 1. The normalized spacial score (nSPS) is 50.5. The number of H-pyrrole nitrogens is 1. The first kappa shape index (κ1) is 52.5. The van der Waals surface area contributed by atoms with Gasteiger partial charge >= 0.3 is 5.97 Å². The smallest absolute Gasteiger partial charge is 0.310 e. The van der Waals surface area contributed by atoms with Crippen molar-refractivity contribution in [3.63, 3.8) is 0 Å². The Morgan fingerprint density at radius 2 is 1.74 bits per heavy atom. The zero-order valence-corrected chi connectivity index (χ0v) is 43.1. The molecular weight excluding hydrogens is 923 g/mol. The van der Waals surface area contributed by atoms with Gasteiger partial charge in [0.1, 0.15) is 24.5 Å². The van der Waals surface area contributed by atoms with Crippen molar-refractivity contribution in [2.75, 3.05) is 33.4 Å². The molecule has 400 valence electrons. The number of nitrogens with two attached hydrogens (primary N) is 1. The highest BCUT2D eigenvalue weighted by molar-refractivity contribution is 5.87. The van der Waals surface area contributed by atoms with E-state index in [0.717, 1.165) is 17.7 Å². The number of aromatic nitrogens is 2. The van der Waals surface area contributed by atoms with Gasteiger partial charge in [0.05, 0.1) is 42.6 Å². The first-order valence-corrected chi connectivity index (χ1v) is 27.1. The van der Waals surface area contributed by atoms with Gasteiger partial charge in [-0.2, -0.15) is 0 Å². The van der Waals surface area contributed by atoms with Crippen molar-refractivity contribution < 1.29 is 59.9 Å². The highest BCUT2D eigenvalue weighted by atomic mass is 16.7. The van der Waals surface area contributed by atoms with Crippen LogP contribution < -0.4 is 16.4 Å². The molecule has 2 saturated heterocycles. The molecule has 7 fully saturated rings. The number of hydrogen-bond donors (Lipinski definition) is 12. The molecule has 13 N–H and O–H groups in total. The molecule has 17 heteroatoms. The van der Waals surface area contributed by atoms with Crippen molar-refractivity contribution in [2.45, 2.75) is 167 Å². The summed E-state index contributed by atoms with van der Waals surface area (Å²) in [6, 6.07) is -0.520. The van der Waals surface area contributed by atoms with Crippen LogP contribution in [-0.4, -0.2) is 145 Å². The van der Waals surface area contributed by atoms with Crippen molar-refractivity contribution in [3.8, 4) is 11.8 Å². The van der Waals surface area contributed by atoms with Crippen molar-refractivity contribution in [1.29, 1.82) is 0 Å². The Kier molecular flexibility index (Phi) is 13.4. The molecule has 7 aliphatic carbocycles. The van der Waals surface area contributed by atoms with E-state index in [1.807, 2.05) is 14.0 Å². The van der Waals surface area contributed by atoms with E-state index >= 15 is 4.79 Å². The second kappa shape index (κ2) is 18.3. The molecule has 1 aromatic rings. The van der Waals surface area contributed by atoms with Gasteiger partial charge < -0.3 is 71.7 Å². The topological polar surface area (TPSA) is 293 Å². The molecule has 3 heterocycles. The summed E-state index contributed by atoms with van der Waals surface area (Å²) < 4.78 is 12.7. The van der Waals surface area contributed by atoms with Crippen LogP contribution in [0.2, 0.25) is 0 Å². The van der Waals surface area contributed by atoms with Gasteiger partial charge in [-0.15, -0.1) is 0 Å². The molecule has 24 unspecified atom stereocenters. The van der Waals surface area contributed by atoms with Crippen molar-refractivity contribution >= 4 is 11.9 Å². The number of nitrogens with zero attached hydrogens (tertiary/aromatic N) is 1. The lowest BCUT2D eigenvalue weighted by Gasteiger charge is -2.74. The number of aromatic amines is 1. The number of carboxylic acids is 1. The predicted molar refractivity (Wildman–Crippen MR) is 262 cm³/mol. The van der Waals surface area contributed by atoms with Crippen LogP contribution in [0.5, 0.6) is 0 Å². The largest absolute Gasteiger partial charge is 0.481 e. The summed E-state index contributed by atoms with van der Waals surface area (Å²) in [6.45, 7) is 10.6. The summed E-state index contributed by atoms with van der Waals surface area (Å²) in [6.07, 6.45) is 2.77. The van der Waals surface area contributed by atoms with Crippen LogP contribution >= 0.6 is 0 Å². The van der Waals surface area contributed by atoms with Crippen LogP contribution in [0.3, 0.4) is 0 Å². The Labute approximate surface area is 423 Å². The summed E-state index contributed by atoms with van der Waals surface area (Å²) in [7, 11) is 1.81. The lowest BCUT2D eigenvalue weighted by atomic mass is 9.30. The Balaban J connectivity index is 1.20. The molecule has 0 bridgehead atoms. The zero-order valence-electron chi connectivity index (χ0n) is 43.1. The molecule has 72 heavy (non-hydrogen) atoms. The highest BCUT2D eigenvalue weighted by Crippen LogP contribution is 2.78. The number of carbonyl (C=O) groups excluding carboxylic acids is 1. The van der Waals surface area contributed by atoms with Gasteiger partial charge in [-0.3, -0.25) is 9.59 Å². The van der Waals surface area contributed by atoms with Gasteiger partial charge in [-0.1, -0.05) is 64.5 Å². The first-order valence-electron chi connectivity index (χ1n) is 27.1. The fourth-order valence-electron chi connectivity index (χ4n) is 18.7. The fraction of sp³-hybridized carbons (Fsp3) is 0.836. The minimum absolute atomic E-state index is 0.0464. The van der Waals surface area contributed by atoms with Gasteiger partial charge in [0, 0.05) is 60.2 Å². The number of ether oxygens (including phenoxy) is 2. The maximum absolute atomic E-state index is 15.4. The number of aliphatic hydroxyl groups excluding tert-OH is 7. The third-order valence-electron chi connectivity index (χ3n) is 22.8. The van der Waals surface area contributed by atoms with Gasteiger partial charge in [-0.25, -0.2) is 4.98 Å². The van der Waals surface area contributed by atoms with Crippen molar-refractivity contribution in [3.05, 3.63) is 29.9 Å². The average molecular weight is 1010 g/mol. The third-order valence-corrected chi connectivity index (χ3v) is 22.8.